The molecule has 1 atom stereocenters. The average Bonchev–Trinajstić information content (AvgIpc) is 3.02. The lowest BCUT2D eigenvalue weighted by atomic mass is 10.1. The number of carbonyl (C=O) groups is 3. The van der Waals surface area contributed by atoms with Crippen molar-refractivity contribution in [3.05, 3.63) is 48.0 Å². The number of ether oxygens (including phenoxy) is 2. The molecule has 0 aliphatic carbocycles. The quantitative estimate of drug-likeness (QED) is 0.751. The van der Waals surface area contributed by atoms with Gasteiger partial charge in [-0.05, 0) is 30.3 Å². The number of fused-ring (bicyclic) bond motifs is 2. The van der Waals surface area contributed by atoms with Crippen LogP contribution in [0, 0.1) is 0 Å². The zero-order valence-corrected chi connectivity index (χ0v) is 18.2. The van der Waals surface area contributed by atoms with E-state index in [1.54, 1.807) is 39.8 Å². The Balaban J connectivity index is 1.20. The van der Waals surface area contributed by atoms with Crippen molar-refractivity contribution in [3.63, 3.8) is 0 Å². The number of piperazine rings is 1. The summed E-state index contributed by atoms with van der Waals surface area (Å²) in [5, 5.41) is 2.88. The smallest absolute Gasteiger partial charge is 0.267 e. The first-order valence-corrected chi connectivity index (χ1v) is 11.6. The number of benzene rings is 2. The maximum Gasteiger partial charge on any atom is 0.267 e. The van der Waals surface area contributed by atoms with Gasteiger partial charge in [-0.1, -0.05) is 12.1 Å². The van der Waals surface area contributed by atoms with Crippen LogP contribution in [0.1, 0.15) is 16.8 Å². The summed E-state index contributed by atoms with van der Waals surface area (Å²) in [7, 11) is 0. The molecule has 2 aromatic rings. The summed E-state index contributed by atoms with van der Waals surface area (Å²) >= 11 is 1.61. The second-order valence-corrected chi connectivity index (χ2v) is 8.98. The molecule has 0 bridgehead atoms. The molecule has 0 spiro atoms. The van der Waals surface area contributed by atoms with E-state index < -0.39 is 6.10 Å². The van der Waals surface area contributed by atoms with E-state index in [1.807, 2.05) is 24.3 Å². The predicted molar refractivity (Wildman–Crippen MR) is 119 cm³/mol. The van der Waals surface area contributed by atoms with Gasteiger partial charge in [0, 0.05) is 48.8 Å². The van der Waals surface area contributed by atoms with E-state index in [4.69, 9.17) is 9.47 Å². The molecule has 0 aromatic heterocycles. The van der Waals surface area contributed by atoms with Crippen molar-refractivity contribution in [3.8, 4) is 11.5 Å². The van der Waals surface area contributed by atoms with Gasteiger partial charge in [-0.25, -0.2) is 0 Å². The lowest BCUT2D eigenvalue weighted by molar-refractivity contribution is -0.142. The second kappa shape index (κ2) is 8.74. The summed E-state index contributed by atoms with van der Waals surface area (Å²) in [6.07, 6.45) is -0.224. The monoisotopic (exact) mass is 453 g/mol. The van der Waals surface area contributed by atoms with Gasteiger partial charge in [0.2, 0.25) is 12.0 Å². The lowest BCUT2D eigenvalue weighted by Crippen LogP contribution is -2.55. The van der Waals surface area contributed by atoms with E-state index in [0.29, 0.717) is 55.3 Å². The third-order valence-corrected chi connectivity index (χ3v) is 6.83. The molecule has 5 rings (SSSR count). The summed E-state index contributed by atoms with van der Waals surface area (Å²) in [5.74, 6) is 1.67. The molecule has 0 radical (unpaired) electrons. The summed E-state index contributed by atoms with van der Waals surface area (Å²) in [4.78, 5) is 42.2. The topological polar surface area (TPSA) is 88.2 Å². The molecular weight excluding hydrogens is 430 g/mol. The Morgan fingerprint density at radius 2 is 1.75 bits per heavy atom. The standard InChI is InChI=1S/C23H23N3O5S/c27-21-7-12-32-20-6-5-15(13-16(20)24-21)22(28)25-8-10-26(11-9-25)23(29)19-14-30-17-3-1-2-4-18(17)31-19/h1-6,13,19H,7-12,14H2,(H,24,27)/t19-/m0/s1. The fraction of sp³-hybridized carbons (Fsp3) is 0.348. The third kappa shape index (κ3) is 4.12. The van der Waals surface area contributed by atoms with Gasteiger partial charge in [0.1, 0.15) is 6.61 Å². The number of hydrogen-bond acceptors (Lipinski definition) is 6. The van der Waals surface area contributed by atoms with Gasteiger partial charge in [-0.2, -0.15) is 0 Å². The summed E-state index contributed by atoms with van der Waals surface area (Å²) in [5.41, 5.74) is 1.22. The van der Waals surface area contributed by atoms with Crippen molar-refractivity contribution in [2.24, 2.45) is 0 Å². The molecule has 8 nitrogen and oxygen atoms in total. The Morgan fingerprint density at radius 1 is 1.00 bits per heavy atom. The number of nitrogens with one attached hydrogen (secondary N) is 1. The normalized spacial score (nSPS) is 20.1. The van der Waals surface area contributed by atoms with E-state index in [1.165, 1.54) is 0 Å². The molecule has 1 N–H and O–H groups in total. The van der Waals surface area contributed by atoms with Crippen LogP contribution in [0.15, 0.2) is 47.4 Å². The molecule has 3 aliphatic rings. The minimum Gasteiger partial charge on any atom is -0.485 e. The summed E-state index contributed by atoms with van der Waals surface area (Å²) in [6.45, 7) is 1.92. The summed E-state index contributed by atoms with van der Waals surface area (Å²) in [6, 6.07) is 12.7. The maximum atomic E-state index is 13.0. The van der Waals surface area contributed by atoms with Gasteiger partial charge in [-0.15, -0.1) is 11.8 Å². The molecule has 0 saturated carbocycles. The molecule has 1 saturated heterocycles. The number of rotatable bonds is 2. The van der Waals surface area contributed by atoms with Crippen LogP contribution in [0.25, 0.3) is 0 Å². The molecular formula is C23H23N3O5S. The average molecular weight is 454 g/mol. The fourth-order valence-corrected chi connectivity index (χ4v) is 4.95. The highest BCUT2D eigenvalue weighted by molar-refractivity contribution is 7.99. The van der Waals surface area contributed by atoms with Crippen molar-refractivity contribution in [2.75, 3.05) is 43.9 Å². The number of thioether (sulfide) groups is 1. The highest BCUT2D eigenvalue weighted by atomic mass is 32.2. The van der Waals surface area contributed by atoms with E-state index in [2.05, 4.69) is 5.32 Å². The van der Waals surface area contributed by atoms with Crippen LogP contribution < -0.4 is 14.8 Å². The maximum absolute atomic E-state index is 13.0. The highest BCUT2D eigenvalue weighted by Gasteiger charge is 2.33. The highest BCUT2D eigenvalue weighted by Crippen LogP contribution is 2.33. The first-order valence-electron chi connectivity index (χ1n) is 10.6. The van der Waals surface area contributed by atoms with Crippen molar-refractivity contribution in [2.45, 2.75) is 17.4 Å². The van der Waals surface area contributed by atoms with Crippen LogP contribution in [-0.2, 0) is 9.59 Å². The Kier molecular flexibility index (Phi) is 5.65. The number of nitrogens with zero attached hydrogens (tertiary/aromatic N) is 2. The molecule has 3 heterocycles. The Morgan fingerprint density at radius 3 is 2.56 bits per heavy atom. The van der Waals surface area contributed by atoms with Crippen molar-refractivity contribution in [1.82, 2.24) is 9.80 Å². The van der Waals surface area contributed by atoms with Crippen molar-refractivity contribution >= 4 is 35.2 Å². The zero-order chi connectivity index (χ0) is 22.1. The Hall–Kier alpha value is -3.20. The molecule has 2 aromatic carbocycles. The second-order valence-electron chi connectivity index (χ2n) is 7.84. The molecule has 166 valence electrons. The molecule has 9 heteroatoms. The van der Waals surface area contributed by atoms with Gasteiger partial charge in [0.15, 0.2) is 11.5 Å². The first kappa shape index (κ1) is 20.7. The van der Waals surface area contributed by atoms with Gasteiger partial charge < -0.3 is 24.6 Å². The minimum atomic E-state index is -0.683. The largest absolute Gasteiger partial charge is 0.485 e. The minimum absolute atomic E-state index is 0.0375. The number of amides is 3. The van der Waals surface area contributed by atoms with Crippen LogP contribution in [0.3, 0.4) is 0 Å². The van der Waals surface area contributed by atoms with Crippen LogP contribution in [0.2, 0.25) is 0 Å². The summed E-state index contributed by atoms with van der Waals surface area (Å²) < 4.78 is 11.5. The number of carbonyl (C=O) groups excluding carboxylic acids is 3. The third-order valence-electron chi connectivity index (χ3n) is 5.75. The number of anilines is 1. The van der Waals surface area contributed by atoms with Gasteiger partial charge in [-0.3, -0.25) is 14.4 Å². The van der Waals surface area contributed by atoms with E-state index in [9.17, 15) is 14.4 Å². The lowest BCUT2D eigenvalue weighted by Gasteiger charge is -2.37. The first-order chi connectivity index (χ1) is 15.6. The van der Waals surface area contributed by atoms with Gasteiger partial charge >= 0.3 is 0 Å². The van der Waals surface area contributed by atoms with E-state index in [0.717, 1.165) is 10.6 Å². The molecule has 0 unspecified atom stereocenters. The van der Waals surface area contributed by atoms with Crippen LogP contribution in [0.5, 0.6) is 11.5 Å². The van der Waals surface area contributed by atoms with Crippen LogP contribution >= 0.6 is 11.8 Å². The Bertz CT molecular complexity index is 1070. The number of para-hydroxylation sites is 2. The molecule has 32 heavy (non-hydrogen) atoms. The predicted octanol–water partition coefficient (Wildman–Crippen LogP) is 2.25. The molecule has 1 fully saturated rings. The molecule has 3 aliphatic heterocycles. The fourth-order valence-electron chi connectivity index (χ4n) is 4.01. The van der Waals surface area contributed by atoms with Crippen LogP contribution in [-0.4, -0.2) is 72.2 Å². The van der Waals surface area contributed by atoms with Gasteiger partial charge in [0.05, 0.1) is 5.69 Å². The number of hydrogen-bond donors (Lipinski definition) is 1. The van der Waals surface area contributed by atoms with Gasteiger partial charge in [0.25, 0.3) is 11.8 Å². The van der Waals surface area contributed by atoms with Crippen LogP contribution in [0.4, 0.5) is 5.69 Å². The van der Waals surface area contributed by atoms with Crippen molar-refractivity contribution < 1.29 is 23.9 Å². The SMILES string of the molecule is O=C1CCSc2ccc(C(=O)N3CCN(C(=O)[C@@H]4COc5ccccc5O4)CC3)cc2N1. The Labute approximate surface area is 189 Å². The van der Waals surface area contributed by atoms with Crippen molar-refractivity contribution in [1.29, 1.82) is 0 Å². The van der Waals surface area contributed by atoms with E-state index in [-0.39, 0.29) is 24.3 Å². The van der Waals surface area contributed by atoms with E-state index >= 15 is 0 Å². The zero-order valence-electron chi connectivity index (χ0n) is 17.4. The molecule has 3 amide bonds.